The summed E-state index contributed by atoms with van der Waals surface area (Å²) in [4.78, 5) is 24.7. The molecular formula is C12H14O3S. The van der Waals surface area contributed by atoms with Crippen LogP contribution in [0.3, 0.4) is 0 Å². The highest BCUT2D eigenvalue weighted by molar-refractivity contribution is 7.10. The predicted molar refractivity (Wildman–Crippen MR) is 61.8 cm³/mol. The Morgan fingerprint density at radius 3 is 2.94 bits per heavy atom. The summed E-state index contributed by atoms with van der Waals surface area (Å²) >= 11 is 1.57. The molecule has 2 atom stereocenters. The molecule has 0 spiro atoms. The maximum atomic E-state index is 12.0. The number of carbonyl (C=O) groups excluding carboxylic acids is 2. The number of hydrogen-bond donors (Lipinski definition) is 0. The molecular weight excluding hydrogens is 224 g/mol. The van der Waals surface area contributed by atoms with Crippen LogP contribution in [-0.4, -0.2) is 18.9 Å². The number of carbonyl (C=O) groups is 2. The van der Waals surface area contributed by atoms with Crippen LogP contribution in [-0.2, 0) is 9.53 Å². The molecule has 0 aromatic carbocycles. The first kappa shape index (κ1) is 11.3. The van der Waals surface area contributed by atoms with Crippen molar-refractivity contribution in [1.82, 2.24) is 0 Å². The summed E-state index contributed by atoms with van der Waals surface area (Å²) < 4.78 is 4.73. The first-order chi connectivity index (χ1) is 7.70. The number of ketones is 1. The van der Waals surface area contributed by atoms with Crippen molar-refractivity contribution < 1.29 is 14.3 Å². The fourth-order valence-electron chi connectivity index (χ4n) is 2.32. The molecule has 0 amide bonds. The van der Waals surface area contributed by atoms with E-state index in [1.54, 1.807) is 11.3 Å². The summed E-state index contributed by atoms with van der Waals surface area (Å²) in [5, 5.41) is 1.92. The standard InChI is InChI=1S/C12H14O3S/c1-3-4-7-9(12(14)15-2)10(13)8-5-6-16-11(7)8/h5-7,9H,3-4H2,1-2H3/t7-,9-/m1/s1. The lowest BCUT2D eigenvalue weighted by molar-refractivity contribution is -0.144. The number of esters is 1. The lowest BCUT2D eigenvalue weighted by Gasteiger charge is -2.15. The number of Topliss-reactive ketones (excluding diaryl/α,β-unsaturated/α-hetero) is 1. The van der Waals surface area contributed by atoms with Crippen molar-refractivity contribution in [2.45, 2.75) is 25.7 Å². The number of ether oxygens (including phenoxy) is 1. The van der Waals surface area contributed by atoms with Crippen molar-refractivity contribution in [3.8, 4) is 0 Å². The van der Waals surface area contributed by atoms with Crippen molar-refractivity contribution >= 4 is 23.1 Å². The molecule has 0 unspecified atom stereocenters. The van der Waals surface area contributed by atoms with Gasteiger partial charge in [-0.15, -0.1) is 11.3 Å². The molecule has 1 heterocycles. The molecule has 2 rings (SSSR count). The highest BCUT2D eigenvalue weighted by Gasteiger charge is 2.45. The Bertz CT molecular complexity index is 422. The first-order valence-electron chi connectivity index (χ1n) is 5.40. The van der Waals surface area contributed by atoms with Gasteiger partial charge in [-0.05, 0) is 17.9 Å². The van der Waals surface area contributed by atoms with Crippen LogP contribution in [0.25, 0.3) is 0 Å². The Labute approximate surface area is 98.4 Å². The summed E-state index contributed by atoms with van der Waals surface area (Å²) in [6.07, 6.45) is 1.82. The van der Waals surface area contributed by atoms with Gasteiger partial charge in [0, 0.05) is 16.4 Å². The molecule has 0 saturated heterocycles. The van der Waals surface area contributed by atoms with Gasteiger partial charge in [-0.1, -0.05) is 13.3 Å². The maximum Gasteiger partial charge on any atom is 0.317 e. The maximum absolute atomic E-state index is 12.0. The molecule has 0 fully saturated rings. The Morgan fingerprint density at radius 2 is 2.31 bits per heavy atom. The highest BCUT2D eigenvalue weighted by atomic mass is 32.1. The molecule has 86 valence electrons. The summed E-state index contributed by atoms with van der Waals surface area (Å²) in [6.45, 7) is 2.06. The number of rotatable bonds is 3. The van der Waals surface area contributed by atoms with Gasteiger partial charge < -0.3 is 4.74 Å². The molecule has 0 N–H and O–H groups in total. The second kappa shape index (κ2) is 4.37. The number of hydrogen-bond acceptors (Lipinski definition) is 4. The normalized spacial score (nSPS) is 23.2. The van der Waals surface area contributed by atoms with Crippen LogP contribution in [0.2, 0.25) is 0 Å². The van der Waals surface area contributed by atoms with Crippen LogP contribution in [0.4, 0.5) is 0 Å². The molecule has 0 bridgehead atoms. The van der Waals surface area contributed by atoms with E-state index in [2.05, 4.69) is 6.92 Å². The fourth-order valence-corrected chi connectivity index (χ4v) is 3.40. The van der Waals surface area contributed by atoms with Gasteiger partial charge in [0.1, 0.15) is 5.92 Å². The molecule has 1 aliphatic carbocycles. The topological polar surface area (TPSA) is 43.4 Å². The minimum atomic E-state index is -0.604. The molecule has 0 saturated carbocycles. The molecule has 1 aromatic rings. The van der Waals surface area contributed by atoms with Gasteiger partial charge in [-0.3, -0.25) is 9.59 Å². The molecule has 1 aromatic heterocycles. The Morgan fingerprint density at radius 1 is 1.56 bits per heavy atom. The van der Waals surface area contributed by atoms with Gasteiger partial charge >= 0.3 is 5.97 Å². The smallest absolute Gasteiger partial charge is 0.317 e. The van der Waals surface area contributed by atoms with Crippen molar-refractivity contribution in [2.24, 2.45) is 5.92 Å². The van der Waals surface area contributed by atoms with Crippen molar-refractivity contribution in [1.29, 1.82) is 0 Å². The second-order valence-electron chi connectivity index (χ2n) is 3.96. The van der Waals surface area contributed by atoms with E-state index in [1.165, 1.54) is 7.11 Å². The zero-order chi connectivity index (χ0) is 11.7. The first-order valence-corrected chi connectivity index (χ1v) is 6.28. The van der Waals surface area contributed by atoms with Gasteiger partial charge in [0.05, 0.1) is 7.11 Å². The molecule has 3 nitrogen and oxygen atoms in total. The SMILES string of the molecule is CCC[C@H]1c2sccc2C(=O)[C@@H]1C(=O)OC. The summed E-state index contributed by atoms with van der Waals surface area (Å²) in [7, 11) is 1.34. The Balaban J connectivity index is 2.37. The van der Waals surface area contributed by atoms with E-state index in [9.17, 15) is 9.59 Å². The zero-order valence-corrected chi connectivity index (χ0v) is 10.2. The third kappa shape index (κ3) is 1.57. The predicted octanol–water partition coefficient (Wildman–Crippen LogP) is 2.62. The van der Waals surface area contributed by atoms with E-state index in [4.69, 9.17) is 4.74 Å². The quantitative estimate of drug-likeness (QED) is 0.600. The van der Waals surface area contributed by atoms with Gasteiger partial charge in [-0.2, -0.15) is 0 Å². The van der Waals surface area contributed by atoms with Gasteiger partial charge in [-0.25, -0.2) is 0 Å². The molecule has 16 heavy (non-hydrogen) atoms. The van der Waals surface area contributed by atoms with E-state index in [1.807, 2.05) is 11.4 Å². The largest absolute Gasteiger partial charge is 0.468 e. The minimum absolute atomic E-state index is 0.0277. The molecule has 0 radical (unpaired) electrons. The number of fused-ring (bicyclic) bond motifs is 1. The Kier molecular flexibility index (Phi) is 3.10. The van der Waals surface area contributed by atoms with Crippen LogP contribution < -0.4 is 0 Å². The molecule has 0 aliphatic heterocycles. The lowest BCUT2D eigenvalue weighted by Crippen LogP contribution is -2.25. The van der Waals surface area contributed by atoms with Crippen molar-refractivity contribution in [2.75, 3.05) is 7.11 Å². The number of methoxy groups -OCH3 is 1. The second-order valence-corrected chi connectivity index (χ2v) is 4.91. The molecule has 1 aliphatic rings. The van der Waals surface area contributed by atoms with Crippen LogP contribution in [0.5, 0.6) is 0 Å². The van der Waals surface area contributed by atoms with E-state index in [0.29, 0.717) is 0 Å². The van der Waals surface area contributed by atoms with Crippen molar-refractivity contribution in [3.05, 3.63) is 21.9 Å². The average molecular weight is 238 g/mol. The summed E-state index contributed by atoms with van der Waals surface area (Å²) in [6, 6.07) is 1.81. The van der Waals surface area contributed by atoms with Gasteiger partial charge in [0.15, 0.2) is 5.78 Å². The van der Waals surface area contributed by atoms with Gasteiger partial charge in [0.25, 0.3) is 0 Å². The van der Waals surface area contributed by atoms with Crippen LogP contribution in [0.15, 0.2) is 11.4 Å². The third-order valence-electron chi connectivity index (χ3n) is 3.04. The van der Waals surface area contributed by atoms with Crippen LogP contribution in [0, 0.1) is 5.92 Å². The van der Waals surface area contributed by atoms with Crippen LogP contribution in [0.1, 0.15) is 40.9 Å². The monoisotopic (exact) mass is 238 g/mol. The summed E-state index contributed by atoms with van der Waals surface area (Å²) in [5.41, 5.74) is 0.721. The van der Waals surface area contributed by atoms with Gasteiger partial charge in [0.2, 0.25) is 0 Å². The third-order valence-corrected chi connectivity index (χ3v) is 4.09. The average Bonchev–Trinajstić information content (AvgIpc) is 2.83. The fraction of sp³-hybridized carbons (Fsp3) is 0.500. The van der Waals surface area contributed by atoms with E-state index in [-0.39, 0.29) is 11.7 Å². The van der Waals surface area contributed by atoms with Crippen molar-refractivity contribution in [3.63, 3.8) is 0 Å². The van der Waals surface area contributed by atoms with E-state index >= 15 is 0 Å². The summed E-state index contributed by atoms with van der Waals surface area (Å²) in [5.74, 6) is -1.04. The number of thiophene rings is 1. The molecule has 4 heteroatoms. The Hall–Kier alpha value is -1.16. The zero-order valence-electron chi connectivity index (χ0n) is 9.36. The van der Waals surface area contributed by atoms with E-state index in [0.717, 1.165) is 23.3 Å². The van der Waals surface area contributed by atoms with Crippen LogP contribution >= 0.6 is 11.3 Å². The van der Waals surface area contributed by atoms with E-state index < -0.39 is 11.9 Å². The lowest BCUT2D eigenvalue weighted by atomic mass is 9.91. The minimum Gasteiger partial charge on any atom is -0.468 e. The highest BCUT2D eigenvalue weighted by Crippen LogP contribution is 2.44.